The van der Waals surface area contributed by atoms with Crippen molar-refractivity contribution in [1.82, 2.24) is 0 Å². The van der Waals surface area contributed by atoms with E-state index in [1.165, 1.54) is 6.92 Å². The Morgan fingerprint density at radius 1 is 1.50 bits per heavy atom. The van der Waals surface area contributed by atoms with Crippen LogP contribution >= 0.6 is 0 Å². The molecule has 0 spiro atoms. The zero-order valence-corrected chi connectivity index (χ0v) is 8.24. The third-order valence-electron chi connectivity index (χ3n) is 2.25. The van der Waals surface area contributed by atoms with E-state index in [4.69, 9.17) is 16.6 Å². The smallest absolute Gasteiger partial charge is 0.328 e. The van der Waals surface area contributed by atoms with Gasteiger partial charge in [-0.15, -0.1) is 0 Å². The molecule has 4 nitrogen and oxygen atoms in total. The lowest BCUT2D eigenvalue weighted by atomic mass is 9.89. The lowest BCUT2D eigenvalue weighted by molar-refractivity contribution is -0.143. The van der Waals surface area contributed by atoms with Crippen LogP contribution in [0.2, 0.25) is 0 Å². The van der Waals surface area contributed by atoms with Gasteiger partial charge in [0, 0.05) is 5.69 Å². The number of aryl methyl sites for hydroxylation is 1. The molecule has 4 heteroatoms. The molecule has 1 rings (SSSR count). The first-order chi connectivity index (χ1) is 6.35. The van der Waals surface area contributed by atoms with Crippen LogP contribution in [0.15, 0.2) is 18.2 Å². The number of nitrogens with two attached hydrogens (primary N) is 2. The van der Waals surface area contributed by atoms with E-state index in [9.17, 15) is 4.79 Å². The van der Waals surface area contributed by atoms with Crippen LogP contribution in [0.25, 0.3) is 0 Å². The molecule has 0 saturated heterocycles. The normalized spacial score (nSPS) is 14.8. The van der Waals surface area contributed by atoms with Crippen molar-refractivity contribution in [2.24, 2.45) is 5.73 Å². The van der Waals surface area contributed by atoms with Gasteiger partial charge in [-0.3, -0.25) is 0 Å². The molecule has 0 aromatic heterocycles. The molecule has 0 unspecified atom stereocenters. The summed E-state index contributed by atoms with van der Waals surface area (Å²) in [6, 6.07) is 5.01. The Labute approximate surface area is 82.5 Å². The predicted octanol–water partition coefficient (Wildman–Crippen LogP) is 0.836. The van der Waals surface area contributed by atoms with Crippen molar-refractivity contribution in [1.29, 1.82) is 0 Å². The van der Waals surface area contributed by atoms with Crippen molar-refractivity contribution < 1.29 is 9.90 Å². The van der Waals surface area contributed by atoms with Gasteiger partial charge in [-0.2, -0.15) is 0 Å². The summed E-state index contributed by atoms with van der Waals surface area (Å²) in [5.74, 6) is -1.05. The second-order valence-electron chi connectivity index (χ2n) is 3.58. The molecule has 0 aliphatic carbocycles. The number of carbonyl (C=O) groups is 1. The van der Waals surface area contributed by atoms with E-state index in [1.807, 2.05) is 0 Å². The fraction of sp³-hybridized carbons (Fsp3) is 0.300. The van der Waals surface area contributed by atoms with Gasteiger partial charge < -0.3 is 16.6 Å². The number of anilines is 1. The molecule has 5 N–H and O–H groups in total. The van der Waals surface area contributed by atoms with E-state index in [1.54, 1.807) is 25.1 Å². The SMILES string of the molecule is Cc1cc(N)ccc1[C@@](C)(N)C(=O)O. The second-order valence-corrected chi connectivity index (χ2v) is 3.58. The average Bonchev–Trinajstić information content (AvgIpc) is 2.02. The van der Waals surface area contributed by atoms with Crippen LogP contribution in [0.3, 0.4) is 0 Å². The largest absolute Gasteiger partial charge is 0.480 e. The molecule has 0 fully saturated rings. The Kier molecular flexibility index (Phi) is 2.49. The maximum atomic E-state index is 10.9. The van der Waals surface area contributed by atoms with Crippen molar-refractivity contribution in [3.05, 3.63) is 29.3 Å². The van der Waals surface area contributed by atoms with Crippen molar-refractivity contribution in [3.63, 3.8) is 0 Å². The summed E-state index contributed by atoms with van der Waals surface area (Å²) in [4.78, 5) is 10.9. The van der Waals surface area contributed by atoms with Gasteiger partial charge in [0.05, 0.1) is 0 Å². The van der Waals surface area contributed by atoms with Gasteiger partial charge in [-0.1, -0.05) is 6.07 Å². The summed E-state index contributed by atoms with van der Waals surface area (Å²) in [7, 11) is 0. The molecule has 0 amide bonds. The van der Waals surface area contributed by atoms with Gasteiger partial charge in [-0.25, -0.2) is 4.79 Å². The van der Waals surface area contributed by atoms with Gasteiger partial charge in [0.2, 0.25) is 0 Å². The van der Waals surface area contributed by atoms with Crippen molar-refractivity contribution in [3.8, 4) is 0 Å². The van der Waals surface area contributed by atoms with Crippen LogP contribution in [0.1, 0.15) is 18.1 Å². The molecular weight excluding hydrogens is 180 g/mol. The molecule has 14 heavy (non-hydrogen) atoms. The second kappa shape index (κ2) is 3.31. The Hall–Kier alpha value is -1.55. The van der Waals surface area contributed by atoms with Crippen LogP contribution in [0.5, 0.6) is 0 Å². The van der Waals surface area contributed by atoms with E-state index in [2.05, 4.69) is 0 Å². The van der Waals surface area contributed by atoms with Gasteiger partial charge in [-0.05, 0) is 37.1 Å². The molecular formula is C10H14N2O2. The third-order valence-corrected chi connectivity index (χ3v) is 2.25. The van der Waals surface area contributed by atoms with Crippen molar-refractivity contribution in [2.45, 2.75) is 19.4 Å². The molecule has 0 bridgehead atoms. The maximum Gasteiger partial charge on any atom is 0.328 e. The fourth-order valence-corrected chi connectivity index (χ4v) is 1.38. The van der Waals surface area contributed by atoms with Crippen LogP contribution in [-0.2, 0) is 10.3 Å². The first-order valence-corrected chi connectivity index (χ1v) is 4.24. The molecule has 0 aliphatic rings. The number of carboxylic acid groups (broad SMARTS) is 1. The lowest BCUT2D eigenvalue weighted by Gasteiger charge is -2.22. The molecule has 0 aliphatic heterocycles. The summed E-state index contributed by atoms with van der Waals surface area (Å²) in [6.07, 6.45) is 0. The Balaban J connectivity index is 3.26. The summed E-state index contributed by atoms with van der Waals surface area (Å²) in [6.45, 7) is 3.26. The molecule has 1 aromatic rings. The minimum atomic E-state index is -1.36. The van der Waals surface area contributed by atoms with Gasteiger partial charge >= 0.3 is 5.97 Å². The minimum Gasteiger partial charge on any atom is -0.480 e. The fourth-order valence-electron chi connectivity index (χ4n) is 1.38. The highest BCUT2D eigenvalue weighted by Crippen LogP contribution is 2.23. The number of carboxylic acids is 1. The first kappa shape index (κ1) is 10.5. The van der Waals surface area contributed by atoms with Crippen LogP contribution < -0.4 is 11.5 Å². The van der Waals surface area contributed by atoms with E-state index in [0.717, 1.165) is 5.56 Å². The van der Waals surface area contributed by atoms with Gasteiger partial charge in [0.15, 0.2) is 0 Å². The molecule has 0 radical (unpaired) electrons. The summed E-state index contributed by atoms with van der Waals surface area (Å²) < 4.78 is 0. The molecule has 0 saturated carbocycles. The van der Waals surface area contributed by atoms with Crippen LogP contribution in [0.4, 0.5) is 5.69 Å². The number of benzene rings is 1. The lowest BCUT2D eigenvalue weighted by Crippen LogP contribution is -2.42. The van der Waals surface area contributed by atoms with Crippen LogP contribution in [0, 0.1) is 6.92 Å². The predicted molar refractivity (Wildman–Crippen MR) is 54.8 cm³/mol. The highest BCUT2D eigenvalue weighted by atomic mass is 16.4. The van der Waals surface area contributed by atoms with E-state index < -0.39 is 11.5 Å². The number of hydrogen-bond acceptors (Lipinski definition) is 3. The van der Waals surface area contributed by atoms with Crippen LogP contribution in [-0.4, -0.2) is 11.1 Å². The standard InChI is InChI=1S/C10H14N2O2/c1-6-5-7(11)3-4-8(6)10(2,12)9(13)14/h3-5H,11-12H2,1-2H3,(H,13,14)/t10-/m1/s1. The third kappa shape index (κ3) is 1.70. The highest BCUT2D eigenvalue weighted by Gasteiger charge is 2.31. The molecule has 76 valence electrons. The number of aliphatic carboxylic acids is 1. The Bertz CT molecular complexity index is 372. The van der Waals surface area contributed by atoms with E-state index >= 15 is 0 Å². The summed E-state index contributed by atoms with van der Waals surface area (Å²) >= 11 is 0. The zero-order valence-electron chi connectivity index (χ0n) is 8.24. The average molecular weight is 194 g/mol. The Morgan fingerprint density at radius 2 is 2.07 bits per heavy atom. The quantitative estimate of drug-likeness (QED) is 0.608. The van der Waals surface area contributed by atoms with Crippen molar-refractivity contribution in [2.75, 3.05) is 5.73 Å². The van der Waals surface area contributed by atoms with Gasteiger partial charge in [0.25, 0.3) is 0 Å². The van der Waals surface area contributed by atoms with Gasteiger partial charge in [0.1, 0.15) is 5.54 Å². The zero-order chi connectivity index (χ0) is 10.9. The summed E-state index contributed by atoms with van der Waals surface area (Å²) in [5.41, 5.74) is 11.9. The van der Waals surface area contributed by atoms with Crippen molar-refractivity contribution >= 4 is 11.7 Å². The monoisotopic (exact) mass is 194 g/mol. The Morgan fingerprint density at radius 3 is 2.50 bits per heavy atom. The first-order valence-electron chi connectivity index (χ1n) is 4.24. The minimum absolute atomic E-state index is 0.583. The number of nitrogen functional groups attached to an aromatic ring is 1. The van der Waals surface area contributed by atoms with E-state index in [0.29, 0.717) is 11.3 Å². The molecule has 1 atom stereocenters. The highest BCUT2D eigenvalue weighted by molar-refractivity contribution is 5.80. The maximum absolute atomic E-state index is 10.9. The number of hydrogen-bond donors (Lipinski definition) is 3. The topological polar surface area (TPSA) is 89.3 Å². The molecule has 1 aromatic carbocycles. The molecule has 0 heterocycles. The number of rotatable bonds is 2. The van der Waals surface area contributed by atoms with E-state index in [-0.39, 0.29) is 0 Å². The summed E-state index contributed by atoms with van der Waals surface area (Å²) in [5, 5.41) is 8.93.